The zero-order chi connectivity index (χ0) is 21.3. The molecule has 0 spiro atoms. The molecule has 8 heteroatoms. The van der Waals surface area contributed by atoms with Gasteiger partial charge in [0.15, 0.2) is 10.9 Å². The Morgan fingerprint density at radius 2 is 1.57 bits per heavy atom. The molecule has 3 aromatic carbocycles. The van der Waals surface area contributed by atoms with Crippen LogP contribution in [0.15, 0.2) is 60.2 Å². The van der Waals surface area contributed by atoms with Gasteiger partial charge in [-0.15, -0.1) is 0 Å². The summed E-state index contributed by atoms with van der Waals surface area (Å²) >= 11 is 17.5. The number of rotatable bonds is 4. The maximum absolute atomic E-state index is 12.0. The van der Waals surface area contributed by atoms with Gasteiger partial charge in [-0.2, -0.15) is 0 Å². The molecule has 2 N–H and O–H groups in total. The van der Waals surface area contributed by atoms with Crippen LogP contribution >= 0.6 is 35.4 Å². The van der Waals surface area contributed by atoms with Crippen molar-refractivity contribution < 1.29 is 14.3 Å². The lowest BCUT2D eigenvalue weighted by atomic mass is 10.1. The van der Waals surface area contributed by atoms with Gasteiger partial charge in [-0.1, -0.05) is 65.7 Å². The Balaban J connectivity index is 1.59. The van der Waals surface area contributed by atoms with E-state index in [0.717, 1.165) is 16.3 Å². The van der Waals surface area contributed by atoms with Crippen LogP contribution in [0.5, 0.6) is 5.75 Å². The van der Waals surface area contributed by atoms with Crippen LogP contribution in [0, 0.1) is 0 Å². The molecule has 0 saturated carbocycles. The Morgan fingerprint density at radius 3 is 2.27 bits per heavy atom. The fourth-order valence-electron chi connectivity index (χ4n) is 3.14. The molecule has 0 unspecified atom stereocenters. The minimum absolute atomic E-state index is 0.0320. The van der Waals surface area contributed by atoms with E-state index in [4.69, 9.17) is 40.2 Å². The maximum atomic E-state index is 12.0. The van der Waals surface area contributed by atoms with Crippen molar-refractivity contribution in [3.63, 3.8) is 0 Å². The minimum Gasteiger partial charge on any atom is -0.486 e. The Morgan fingerprint density at radius 1 is 0.933 bits per heavy atom. The highest BCUT2D eigenvalue weighted by molar-refractivity contribution is 7.80. The third-order valence-corrected chi connectivity index (χ3v) is 5.29. The number of amides is 2. The molecule has 150 valence electrons. The van der Waals surface area contributed by atoms with Crippen molar-refractivity contribution in [2.24, 2.45) is 0 Å². The van der Waals surface area contributed by atoms with E-state index in [0.29, 0.717) is 11.3 Å². The number of carbonyl (C=O) groups is 2. The van der Waals surface area contributed by atoms with Crippen molar-refractivity contribution in [3.8, 4) is 5.75 Å². The monoisotopic (exact) mass is 456 g/mol. The van der Waals surface area contributed by atoms with E-state index in [1.54, 1.807) is 12.1 Å². The van der Waals surface area contributed by atoms with Crippen molar-refractivity contribution >= 4 is 69.2 Å². The number of hydrogen-bond acceptors (Lipinski definition) is 4. The zero-order valence-corrected chi connectivity index (χ0v) is 17.7. The summed E-state index contributed by atoms with van der Waals surface area (Å²) in [6.45, 7) is 0.281. The average Bonchev–Trinajstić information content (AvgIpc) is 2.70. The topological polar surface area (TPSA) is 67.4 Å². The van der Waals surface area contributed by atoms with Crippen LogP contribution in [0.3, 0.4) is 0 Å². The van der Waals surface area contributed by atoms with Gasteiger partial charge < -0.3 is 4.74 Å². The number of halogens is 2. The summed E-state index contributed by atoms with van der Waals surface area (Å²) in [5.74, 6) is -0.855. The molecule has 0 aromatic heterocycles. The minimum atomic E-state index is -0.590. The second-order valence-electron chi connectivity index (χ2n) is 6.54. The fourth-order valence-corrected chi connectivity index (χ4v) is 3.94. The summed E-state index contributed by atoms with van der Waals surface area (Å²) < 4.78 is 5.90. The van der Waals surface area contributed by atoms with E-state index in [-0.39, 0.29) is 27.3 Å². The SMILES string of the molecule is O=C1NC(=S)NC(=O)C1=Cc1cc(Cl)c(OCc2cccc3ccccc23)c(Cl)c1. The number of thiocarbonyl (C=S) groups is 1. The third-order valence-electron chi connectivity index (χ3n) is 4.53. The Bertz CT molecular complexity index is 1190. The predicted octanol–water partition coefficient (Wildman–Crippen LogP) is 4.64. The molecule has 1 aliphatic heterocycles. The summed E-state index contributed by atoms with van der Waals surface area (Å²) in [4.78, 5) is 24.0. The third kappa shape index (κ3) is 4.16. The first-order valence-corrected chi connectivity index (χ1v) is 10.1. The van der Waals surface area contributed by atoms with Crippen LogP contribution in [0.25, 0.3) is 16.8 Å². The number of nitrogens with one attached hydrogen (secondary N) is 2. The van der Waals surface area contributed by atoms with Gasteiger partial charge in [0.1, 0.15) is 12.2 Å². The van der Waals surface area contributed by atoms with Gasteiger partial charge in [-0.05, 0) is 52.3 Å². The fraction of sp³-hybridized carbons (Fsp3) is 0.0455. The molecular formula is C22H14Cl2N2O3S. The smallest absolute Gasteiger partial charge is 0.263 e. The Labute approximate surface area is 187 Å². The highest BCUT2D eigenvalue weighted by atomic mass is 35.5. The van der Waals surface area contributed by atoms with Crippen LogP contribution in [-0.2, 0) is 16.2 Å². The first kappa shape index (κ1) is 20.3. The number of benzene rings is 3. The van der Waals surface area contributed by atoms with E-state index in [9.17, 15) is 9.59 Å². The van der Waals surface area contributed by atoms with Gasteiger partial charge in [0, 0.05) is 0 Å². The van der Waals surface area contributed by atoms with Crippen LogP contribution in [0.4, 0.5) is 0 Å². The second kappa shape index (κ2) is 8.44. The molecule has 0 radical (unpaired) electrons. The number of hydrogen-bond donors (Lipinski definition) is 2. The van der Waals surface area contributed by atoms with E-state index in [1.807, 2.05) is 42.5 Å². The zero-order valence-electron chi connectivity index (χ0n) is 15.4. The lowest BCUT2D eigenvalue weighted by Crippen LogP contribution is -2.51. The van der Waals surface area contributed by atoms with Gasteiger partial charge >= 0.3 is 0 Å². The normalized spacial score (nSPS) is 13.8. The van der Waals surface area contributed by atoms with Gasteiger partial charge in [0.25, 0.3) is 11.8 Å². The molecule has 30 heavy (non-hydrogen) atoms. The number of carbonyl (C=O) groups excluding carboxylic acids is 2. The van der Waals surface area contributed by atoms with Crippen LogP contribution in [0.1, 0.15) is 11.1 Å². The molecule has 5 nitrogen and oxygen atoms in total. The molecule has 0 atom stereocenters. The lowest BCUT2D eigenvalue weighted by Gasteiger charge is -2.16. The largest absolute Gasteiger partial charge is 0.486 e. The van der Waals surface area contributed by atoms with Crippen LogP contribution in [-0.4, -0.2) is 16.9 Å². The lowest BCUT2D eigenvalue weighted by molar-refractivity contribution is -0.123. The number of ether oxygens (including phenoxy) is 1. The van der Waals surface area contributed by atoms with E-state index >= 15 is 0 Å². The van der Waals surface area contributed by atoms with Crippen molar-refractivity contribution in [2.75, 3.05) is 0 Å². The Hall–Kier alpha value is -2.93. The standard InChI is InChI=1S/C22H14Cl2N2O3S/c23-17-9-12(8-16-20(27)25-22(30)26-21(16)28)10-18(24)19(17)29-11-14-6-3-5-13-4-1-2-7-15(13)14/h1-10H,11H2,(H2,25,26,27,28,30). The van der Waals surface area contributed by atoms with Gasteiger partial charge in [0.2, 0.25) is 0 Å². The first-order chi connectivity index (χ1) is 14.4. The summed E-state index contributed by atoms with van der Waals surface area (Å²) in [5.41, 5.74) is 1.38. The molecule has 0 bridgehead atoms. The van der Waals surface area contributed by atoms with Crippen LogP contribution < -0.4 is 15.4 Å². The maximum Gasteiger partial charge on any atom is 0.263 e. The molecule has 4 rings (SSSR count). The van der Waals surface area contributed by atoms with Crippen molar-refractivity contribution in [2.45, 2.75) is 6.61 Å². The predicted molar refractivity (Wildman–Crippen MR) is 122 cm³/mol. The molecule has 1 saturated heterocycles. The average molecular weight is 457 g/mol. The summed E-state index contributed by atoms with van der Waals surface area (Å²) in [5, 5.41) is 7.45. The van der Waals surface area contributed by atoms with Crippen LogP contribution in [0.2, 0.25) is 10.0 Å². The van der Waals surface area contributed by atoms with E-state index in [2.05, 4.69) is 10.6 Å². The molecule has 1 aliphatic rings. The quantitative estimate of drug-likeness (QED) is 0.340. The van der Waals surface area contributed by atoms with Crippen molar-refractivity contribution in [1.29, 1.82) is 0 Å². The number of fused-ring (bicyclic) bond motifs is 1. The summed E-state index contributed by atoms with van der Waals surface area (Å²) in [6.07, 6.45) is 1.39. The molecule has 1 heterocycles. The molecule has 1 fully saturated rings. The van der Waals surface area contributed by atoms with Gasteiger partial charge in [-0.3, -0.25) is 20.2 Å². The summed E-state index contributed by atoms with van der Waals surface area (Å²) in [6, 6.07) is 17.1. The highest BCUT2D eigenvalue weighted by Crippen LogP contribution is 2.36. The van der Waals surface area contributed by atoms with Gasteiger partial charge in [-0.25, -0.2) is 0 Å². The van der Waals surface area contributed by atoms with Gasteiger partial charge in [0.05, 0.1) is 10.0 Å². The molecular weight excluding hydrogens is 443 g/mol. The van der Waals surface area contributed by atoms with E-state index < -0.39 is 11.8 Å². The molecule has 3 aromatic rings. The summed E-state index contributed by atoms with van der Waals surface area (Å²) in [7, 11) is 0. The highest BCUT2D eigenvalue weighted by Gasteiger charge is 2.25. The second-order valence-corrected chi connectivity index (χ2v) is 7.76. The van der Waals surface area contributed by atoms with E-state index in [1.165, 1.54) is 6.08 Å². The molecule has 0 aliphatic carbocycles. The van der Waals surface area contributed by atoms with Crippen molar-refractivity contribution in [3.05, 3.63) is 81.3 Å². The first-order valence-electron chi connectivity index (χ1n) is 8.89. The van der Waals surface area contributed by atoms with Crippen molar-refractivity contribution in [1.82, 2.24) is 10.6 Å². The molecule has 2 amide bonds. The Kier molecular flexibility index (Phi) is 5.72.